The minimum Gasteiger partial charge on any atom is -0.481 e. The first kappa shape index (κ1) is 28.4. The molecule has 2 N–H and O–H groups in total. The second-order valence-electron chi connectivity index (χ2n) is 10.9. The molecule has 0 radical (unpaired) electrons. The number of nitrogens with zero attached hydrogens (tertiary/aromatic N) is 1. The lowest BCUT2D eigenvalue weighted by Gasteiger charge is -2.39. The number of carboxylic acids is 1. The maximum absolute atomic E-state index is 13.8. The summed E-state index contributed by atoms with van der Waals surface area (Å²) in [5, 5.41) is 12.2. The van der Waals surface area contributed by atoms with E-state index in [0.29, 0.717) is 19.4 Å². The average molecular weight is 557 g/mol. The first-order valence-corrected chi connectivity index (χ1v) is 14.1. The molecule has 3 aromatic rings. The standard InChI is InChI=1S/C33H36N2O6/c1-21-18-24(32(37)38)16-17-35(21)31(36)30(22(2)40-19-23-10-4-3-5-11-23)34-33(39)41-20-29-27-14-8-6-12-25(27)26-13-7-9-15-28(26)29/h3-15,21-22,24,29-30H,16-20H2,1-2H3,(H,34,39)(H,37,38)/t21?,22-,24?,30+/m0/s1. The number of nitrogens with one attached hydrogen (secondary N) is 1. The quantitative estimate of drug-likeness (QED) is 0.375. The Hall–Kier alpha value is -4.17. The summed E-state index contributed by atoms with van der Waals surface area (Å²) in [5.74, 6) is -1.76. The molecule has 4 atom stereocenters. The number of hydrogen-bond donors (Lipinski definition) is 2. The average Bonchev–Trinajstić information content (AvgIpc) is 3.31. The molecule has 5 rings (SSSR count). The number of benzene rings is 3. The Labute approximate surface area is 240 Å². The molecule has 8 heteroatoms. The number of amides is 2. The summed E-state index contributed by atoms with van der Waals surface area (Å²) < 4.78 is 11.8. The maximum atomic E-state index is 13.8. The van der Waals surface area contributed by atoms with Gasteiger partial charge >= 0.3 is 12.1 Å². The van der Waals surface area contributed by atoms with Crippen molar-refractivity contribution in [3.05, 3.63) is 95.6 Å². The fraction of sp³-hybridized carbons (Fsp3) is 0.364. The summed E-state index contributed by atoms with van der Waals surface area (Å²) in [5.41, 5.74) is 5.41. The number of alkyl carbamates (subject to hydrolysis) is 1. The predicted molar refractivity (Wildman–Crippen MR) is 154 cm³/mol. The Morgan fingerprint density at radius 3 is 2.17 bits per heavy atom. The third kappa shape index (κ3) is 6.28. The van der Waals surface area contributed by atoms with Gasteiger partial charge in [0.25, 0.3) is 0 Å². The Kier molecular flexibility index (Phi) is 8.69. The Morgan fingerprint density at radius 1 is 0.951 bits per heavy atom. The number of rotatable bonds is 9. The third-order valence-corrected chi connectivity index (χ3v) is 8.22. The van der Waals surface area contributed by atoms with Crippen LogP contribution >= 0.6 is 0 Å². The molecule has 8 nitrogen and oxygen atoms in total. The van der Waals surface area contributed by atoms with Crippen LogP contribution in [-0.4, -0.2) is 59.3 Å². The molecule has 214 valence electrons. The summed E-state index contributed by atoms with van der Waals surface area (Å²) in [6.07, 6.45) is -0.638. The van der Waals surface area contributed by atoms with Crippen LogP contribution in [0.3, 0.4) is 0 Å². The van der Waals surface area contributed by atoms with E-state index in [0.717, 1.165) is 27.8 Å². The van der Waals surface area contributed by atoms with Crippen molar-refractivity contribution in [2.75, 3.05) is 13.2 Å². The third-order valence-electron chi connectivity index (χ3n) is 8.22. The zero-order valence-corrected chi connectivity index (χ0v) is 23.4. The highest BCUT2D eigenvalue weighted by Gasteiger charge is 2.38. The van der Waals surface area contributed by atoms with Crippen LogP contribution in [-0.2, 0) is 25.7 Å². The highest BCUT2D eigenvalue weighted by molar-refractivity contribution is 5.87. The predicted octanol–water partition coefficient (Wildman–Crippen LogP) is 5.21. The molecule has 0 spiro atoms. The van der Waals surface area contributed by atoms with Gasteiger partial charge in [-0.15, -0.1) is 0 Å². The van der Waals surface area contributed by atoms with Crippen LogP contribution in [0.15, 0.2) is 78.9 Å². The highest BCUT2D eigenvalue weighted by Crippen LogP contribution is 2.44. The van der Waals surface area contributed by atoms with Gasteiger partial charge in [0.2, 0.25) is 5.91 Å². The van der Waals surface area contributed by atoms with Gasteiger partial charge in [0.15, 0.2) is 0 Å². The van der Waals surface area contributed by atoms with Crippen LogP contribution in [0.2, 0.25) is 0 Å². The molecule has 41 heavy (non-hydrogen) atoms. The van der Waals surface area contributed by atoms with E-state index in [9.17, 15) is 19.5 Å². The van der Waals surface area contributed by atoms with Gasteiger partial charge in [-0.2, -0.15) is 0 Å². The van der Waals surface area contributed by atoms with E-state index in [1.807, 2.05) is 61.5 Å². The van der Waals surface area contributed by atoms with Crippen molar-refractivity contribution in [3.63, 3.8) is 0 Å². The fourth-order valence-electron chi connectivity index (χ4n) is 5.95. The molecular weight excluding hydrogens is 520 g/mol. The summed E-state index contributed by atoms with van der Waals surface area (Å²) in [6.45, 7) is 4.29. The van der Waals surface area contributed by atoms with Gasteiger partial charge in [0.1, 0.15) is 12.6 Å². The van der Waals surface area contributed by atoms with E-state index in [4.69, 9.17) is 9.47 Å². The number of fused-ring (bicyclic) bond motifs is 3. The first-order chi connectivity index (χ1) is 19.8. The van der Waals surface area contributed by atoms with Gasteiger partial charge in [-0.05, 0) is 54.5 Å². The summed E-state index contributed by atoms with van der Waals surface area (Å²) in [6, 6.07) is 24.5. The van der Waals surface area contributed by atoms with Crippen molar-refractivity contribution >= 4 is 18.0 Å². The lowest BCUT2D eigenvalue weighted by molar-refractivity contribution is -0.149. The molecule has 0 bridgehead atoms. The smallest absolute Gasteiger partial charge is 0.407 e. The lowest BCUT2D eigenvalue weighted by atomic mass is 9.91. The molecule has 2 amide bonds. The van der Waals surface area contributed by atoms with Crippen LogP contribution in [0.5, 0.6) is 0 Å². The second kappa shape index (κ2) is 12.6. The van der Waals surface area contributed by atoms with E-state index < -0.39 is 30.1 Å². The molecule has 2 unspecified atom stereocenters. The topological polar surface area (TPSA) is 105 Å². The van der Waals surface area contributed by atoms with Crippen molar-refractivity contribution in [2.45, 2.75) is 57.4 Å². The van der Waals surface area contributed by atoms with Gasteiger partial charge in [-0.3, -0.25) is 9.59 Å². The summed E-state index contributed by atoms with van der Waals surface area (Å²) in [7, 11) is 0. The van der Waals surface area contributed by atoms with E-state index in [2.05, 4.69) is 29.6 Å². The summed E-state index contributed by atoms with van der Waals surface area (Å²) in [4.78, 5) is 40.1. The second-order valence-corrected chi connectivity index (χ2v) is 10.9. The summed E-state index contributed by atoms with van der Waals surface area (Å²) >= 11 is 0. The van der Waals surface area contributed by atoms with Crippen LogP contribution in [0.4, 0.5) is 4.79 Å². The van der Waals surface area contributed by atoms with E-state index in [1.165, 1.54) is 0 Å². The molecule has 1 aliphatic carbocycles. The molecule has 3 aromatic carbocycles. The molecule has 0 aromatic heterocycles. The fourth-order valence-corrected chi connectivity index (χ4v) is 5.95. The zero-order chi connectivity index (χ0) is 28.9. The van der Waals surface area contributed by atoms with Gasteiger partial charge < -0.3 is 24.8 Å². The van der Waals surface area contributed by atoms with E-state index in [-0.39, 0.29) is 31.1 Å². The van der Waals surface area contributed by atoms with Gasteiger partial charge in [-0.1, -0.05) is 78.9 Å². The van der Waals surface area contributed by atoms with E-state index in [1.54, 1.807) is 11.8 Å². The van der Waals surface area contributed by atoms with Crippen molar-refractivity contribution < 1.29 is 29.0 Å². The van der Waals surface area contributed by atoms with Crippen molar-refractivity contribution in [1.82, 2.24) is 10.2 Å². The molecule has 2 aliphatic rings. The number of carbonyl (C=O) groups is 3. The largest absolute Gasteiger partial charge is 0.481 e. The minimum atomic E-state index is -1.00. The number of aliphatic carboxylic acids is 1. The van der Waals surface area contributed by atoms with Gasteiger partial charge in [0.05, 0.1) is 18.6 Å². The lowest BCUT2D eigenvalue weighted by Crippen LogP contribution is -2.58. The minimum absolute atomic E-state index is 0.107. The SMILES string of the molecule is CC1CC(C(=O)O)CCN1C(=O)[C@H](NC(=O)OCC1c2ccccc2-c2ccccc21)[C@H](C)OCc1ccccc1. The molecule has 1 heterocycles. The Morgan fingerprint density at radius 2 is 1.56 bits per heavy atom. The van der Waals surface area contributed by atoms with Crippen LogP contribution in [0.1, 0.15) is 49.3 Å². The van der Waals surface area contributed by atoms with Gasteiger partial charge in [-0.25, -0.2) is 4.79 Å². The van der Waals surface area contributed by atoms with Crippen LogP contribution < -0.4 is 5.32 Å². The first-order valence-electron chi connectivity index (χ1n) is 14.1. The van der Waals surface area contributed by atoms with E-state index >= 15 is 0 Å². The number of piperidine rings is 1. The van der Waals surface area contributed by atoms with Crippen molar-refractivity contribution in [1.29, 1.82) is 0 Å². The number of carbonyl (C=O) groups excluding carboxylic acids is 2. The molecule has 1 saturated heterocycles. The molecule has 1 aliphatic heterocycles. The van der Waals surface area contributed by atoms with Crippen LogP contribution in [0.25, 0.3) is 11.1 Å². The normalized spacial score (nSPS) is 19.5. The van der Waals surface area contributed by atoms with Gasteiger partial charge in [0, 0.05) is 18.5 Å². The van der Waals surface area contributed by atoms with Crippen molar-refractivity contribution in [3.8, 4) is 11.1 Å². The number of carboxylic acid groups (broad SMARTS) is 1. The monoisotopic (exact) mass is 556 g/mol. The highest BCUT2D eigenvalue weighted by atomic mass is 16.5. The molecular formula is C33H36N2O6. The zero-order valence-electron chi connectivity index (χ0n) is 23.4. The van der Waals surface area contributed by atoms with Crippen LogP contribution in [0, 0.1) is 5.92 Å². The molecule has 1 fully saturated rings. The number of hydrogen-bond acceptors (Lipinski definition) is 5. The Balaban J connectivity index is 1.29. The Bertz CT molecular complexity index is 1350. The maximum Gasteiger partial charge on any atom is 0.407 e. The molecule has 0 saturated carbocycles. The number of ether oxygens (including phenoxy) is 2. The number of likely N-dealkylation sites (tertiary alicyclic amines) is 1. The van der Waals surface area contributed by atoms with Crippen molar-refractivity contribution in [2.24, 2.45) is 5.92 Å².